The summed E-state index contributed by atoms with van der Waals surface area (Å²) < 4.78 is 15.9. The molecular weight excluding hydrogens is 604 g/mol. The molecule has 256 valence electrons. The highest BCUT2D eigenvalue weighted by atomic mass is 16.6. The fourth-order valence-corrected chi connectivity index (χ4v) is 5.42. The van der Waals surface area contributed by atoms with Crippen molar-refractivity contribution < 1.29 is 38.2 Å². The number of piperidine rings is 1. The van der Waals surface area contributed by atoms with Gasteiger partial charge < -0.3 is 35.1 Å². The van der Waals surface area contributed by atoms with Gasteiger partial charge in [-0.3, -0.25) is 9.59 Å². The van der Waals surface area contributed by atoms with Gasteiger partial charge in [-0.15, -0.1) is 0 Å². The molecule has 0 bridgehead atoms. The average Bonchev–Trinajstić information content (AvgIpc) is 3.00. The first-order valence-corrected chi connectivity index (χ1v) is 15.9. The van der Waals surface area contributed by atoms with Crippen molar-refractivity contribution in [1.29, 1.82) is 0 Å². The molecule has 12 nitrogen and oxygen atoms in total. The second-order valence-electron chi connectivity index (χ2n) is 13.3. The van der Waals surface area contributed by atoms with Crippen molar-refractivity contribution in [2.45, 2.75) is 89.9 Å². The van der Waals surface area contributed by atoms with Gasteiger partial charge in [0.1, 0.15) is 23.4 Å². The third-order valence-corrected chi connectivity index (χ3v) is 7.65. The molecule has 0 aliphatic carbocycles. The normalized spacial score (nSPS) is 15.5. The monoisotopic (exact) mass is 652 g/mol. The number of hydrogen-bond acceptors (Lipinski definition) is 8. The predicted molar refractivity (Wildman–Crippen MR) is 175 cm³/mol. The van der Waals surface area contributed by atoms with Gasteiger partial charge in [-0.1, -0.05) is 62.4 Å². The molecule has 4 amide bonds. The molecule has 0 spiro atoms. The molecule has 12 heteroatoms. The Bertz CT molecular complexity index is 1350. The maximum absolute atomic E-state index is 13.6. The Hall–Kier alpha value is -4.61. The summed E-state index contributed by atoms with van der Waals surface area (Å²) in [5.41, 5.74) is -0.940. The van der Waals surface area contributed by atoms with Crippen LogP contribution in [0, 0.1) is 5.92 Å². The number of alkyl carbamates (subject to hydrolysis) is 1. The summed E-state index contributed by atoms with van der Waals surface area (Å²) in [5.74, 6) is -1.12. The maximum atomic E-state index is 13.6. The van der Waals surface area contributed by atoms with Gasteiger partial charge in [0, 0.05) is 25.0 Å². The van der Waals surface area contributed by atoms with E-state index in [0.29, 0.717) is 5.75 Å². The van der Waals surface area contributed by atoms with E-state index >= 15 is 0 Å². The molecular formula is C35H48N4O8. The molecule has 2 aromatic carbocycles. The molecule has 0 radical (unpaired) electrons. The second kappa shape index (κ2) is 16.8. The zero-order chi connectivity index (χ0) is 34.6. The highest BCUT2D eigenvalue weighted by Crippen LogP contribution is 2.29. The number of hydrogen-bond donors (Lipinski definition) is 3. The Balaban J connectivity index is 1.81. The van der Waals surface area contributed by atoms with Crippen molar-refractivity contribution in [3.8, 4) is 5.75 Å². The smallest absolute Gasteiger partial charge is 0.415 e. The first kappa shape index (κ1) is 36.9. The van der Waals surface area contributed by atoms with E-state index in [1.54, 1.807) is 49.9 Å². The molecule has 1 heterocycles. The van der Waals surface area contributed by atoms with Crippen LogP contribution in [0.4, 0.5) is 9.59 Å². The van der Waals surface area contributed by atoms with Gasteiger partial charge in [-0.25, -0.2) is 14.4 Å². The summed E-state index contributed by atoms with van der Waals surface area (Å²) >= 11 is 0. The standard InChI is InChI=1S/C35H48N4O8/c1-24(2)21-27(37-32(43)47-34(3,4)5)30(41)36-28(31(42)45-6)23-35(38-29(40)22-25-13-9-7-10-14-25)17-19-39(20-18-35)33(44)46-26-15-11-8-12-16-26/h7-16,24,27-28H,17-23H2,1-6H3,(H,36,41)(H,37,43)(H,38,40)/t27-,28-/m0/s1. The Kier molecular flexibility index (Phi) is 13.2. The third-order valence-electron chi connectivity index (χ3n) is 7.65. The van der Waals surface area contributed by atoms with Gasteiger partial charge in [-0.05, 0) is 63.6 Å². The van der Waals surface area contributed by atoms with Crippen LogP contribution in [0.25, 0.3) is 0 Å². The van der Waals surface area contributed by atoms with Crippen molar-refractivity contribution in [2.75, 3.05) is 20.2 Å². The number of likely N-dealkylation sites (tertiary alicyclic amines) is 1. The highest BCUT2D eigenvalue weighted by Gasteiger charge is 2.42. The SMILES string of the molecule is COC(=O)[C@H](CC1(NC(=O)Cc2ccccc2)CCN(C(=O)Oc2ccccc2)CC1)NC(=O)[C@H](CC(C)C)NC(=O)OC(C)(C)C. The summed E-state index contributed by atoms with van der Waals surface area (Å²) in [6.45, 7) is 9.43. The number of esters is 1. The molecule has 3 N–H and O–H groups in total. The lowest BCUT2D eigenvalue weighted by Gasteiger charge is -2.43. The minimum atomic E-state index is -1.16. The number of ether oxygens (including phenoxy) is 3. The van der Waals surface area contributed by atoms with Crippen LogP contribution < -0.4 is 20.7 Å². The molecule has 1 fully saturated rings. The van der Waals surface area contributed by atoms with E-state index in [1.165, 1.54) is 7.11 Å². The maximum Gasteiger partial charge on any atom is 0.415 e. The first-order valence-electron chi connectivity index (χ1n) is 15.9. The molecule has 1 aliphatic heterocycles. The minimum Gasteiger partial charge on any atom is -0.467 e. The Morgan fingerprint density at radius 3 is 2.02 bits per heavy atom. The van der Waals surface area contributed by atoms with Gasteiger partial charge in [0.25, 0.3) is 0 Å². The number of rotatable bonds is 12. The number of carbonyl (C=O) groups is 5. The molecule has 3 rings (SSSR count). The lowest BCUT2D eigenvalue weighted by molar-refractivity contribution is -0.146. The van der Waals surface area contributed by atoms with Gasteiger partial charge in [0.05, 0.1) is 13.5 Å². The van der Waals surface area contributed by atoms with Gasteiger partial charge >= 0.3 is 18.2 Å². The molecule has 2 aromatic rings. The third kappa shape index (κ3) is 12.3. The van der Waals surface area contributed by atoms with Crippen LogP contribution in [-0.2, 0) is 30.3 Å². The summed E-state index contributed by atoms with van der Waals surface area (Å²) in [6, 6.07) is 15.8. The van der Waals surface area contributed by atoms with E-state index < -0.39 is 47.3 Å². The molecule has 0 aromatic heterocycles. The second-order valence-corrected chi connectivity index (χ2v) is 13.3. The van der Waals surface area contributed by atoms with Crippen LogP contribution in [0.2, 0.25) is 0 Å². The van der Waals surface area contributed by atoms with Crippen LogP contribution in [-0.4, -0.2) is 78.3 Å². The largest absolute Gasteiger partial charge is 0.467 e. The summed E-state index contributed by atoms with van der Waals surface area (Å²) in [6.07, 6.45) is -0.326. The average molecular weight is 653 g/mol. The molecule has 47 heavy (non-hydrogen) atoms. The summed E-state index contributed by atoms with van der Waals surface area (Å²) in [5, 5.41) is 8.51. The van der Waals surface area contributed by atoms with Gasteiger partial charge in [-0.2, -0.15) is 0 Å². The Morgan fingerprint density at radius 1 is 0.872 bits per heavy atom. The van der Waals surface area contributed by atoms with Gasteiger partial charge in [0.2, 0.25) is 11.8 Å². The van der Waals surface area contributed by atoms with Crippen molar-refractivity contribution in [3.05, 3.63) is 66.2 Å². The number of nitrogens with zero attached hydrogens (tertiary/aromatic N) is 1. The highest BCUT2D eigenvalue weighted by molar-refractivity contribution is 5.90. The van der Waals surface area contributed by atoms with E-state index in [9.17, 15) is 24.0 Å². The van der Waals surface area contributed by atoms with E-state index in [0.717, 1.165) is 5.56 Å². The fraction of sp³-hybridized carbons (Fsp3) is 0.514. The number of carbonyl (C=O) groups excluding carboxylic acids is 5. The number of para-hydroxylation sites is 1. The first-order chi connectivity index (χ1) is 22.2. The van der Waals surface area contributed by atoms with Crippen molar-refractivity contribution in [3.63, 3.8) is 0 Å². The quantitative estimate of drug-likeness (QED) is 0.286. The number of benzene rings is 2. The van der Waals surface area contributed by atoms with E-state index in [2.05, 4.69) is 16.0 Å². The van der Waals surface area contributed by atoms with Crippen LogP contribution >= 0.6 is 0 Å². The summed E-state index contributed by atoms with van der Waals surface area (Å²) in [4.78, 5) is 67.1. The van der Waals surface area contributed by atoms with E-state index in [1.807, 2.05) is 50.2 Å². The Labute approximate surface area is 276 Å². The zero-order valence-electron chi connectivity index (χ0n) is 28.2. The van der Waals surface area contributed by atoms with Crippen LogP contribution in [0.1, 0.15) is 65.9 Å². The molecule has 1 aliphatic rings. The van der Waals surface area contributed by atoms with Crippen LogP contribution in [0.5, 0.6) is 5.75 Å². The lowest BCUT2D eigenvalue weighted by atomic mass is 9.81. The van der Waals surface area contributed by atoms with E-state index in [-0.39, 0.29) is 57.0 Å². The lowest BCUT2D eigenvalue weighted by Crippen LogP contribution is -2.61. The van der Waals surface area contributed by atoms with Crippen LogP contribution in [0.15, 0.2) is 60.7 Å². The predicted octanol–water partition coefficient (Wildman–Crippen LogP) is 4.37. The van der Waals surface area contributed by atoms with Crippen molar-refractivity contribution in [2.24, 2.45) is 5.92 Å². The molecule has 0 saturated carbocycles. The zero-order valence-corrected chi connectivity index (χ0v) is 28.2. The van der Waals surface area contributed by atoms with Crippen molar-refractivity contribution in [1.82, 2.24) is 20.9 Å². The number of nitrogens with one attached hydrogen (secondary N) is 3. The Morgan fingerprint density at radius 2 is 1.47 bits per heavy atom. The van der Waals surface area contributed by atoms with Crippen molar-refractivity contribution >= 4 is 30.0 Å². The molecule has 1 saturated heterocycles. The minimum absolute atomic E-state index is 0.00560. The van der Waals surface area contributed by atoms with E-state index in [4.69, 9.17) is 14.2 Å². The number of amides is 4. The fourth-order valence-electron chi connectivity index (χ4n) is 5.42. The summed E-state index contributed by atoms with van der Waals surface area (Å²) in [7, 11) is 1.22. The molecule has 0 unspecified atom stereocenters. The molecule has 2 atom stereocenters. The van der Waals surface area contributed by atoms with Crippen LogP contribution in [0.3, 0.4) is 0 Å². The van der Waals surface area contributed by atoms with Gasteiger partial charge in [0.15, 0.2) is 0 Å². The number of methoxy groups -OCH3 is 1. The topological polar surface area (TPSA) is 152 Å².